The molecule has 1 aromatic carbocycles. The Bertz CT molecular complexity index is 585. The summed E-state index contributed by atoms with van der Waals surface area (Å²) in [6.45, 7) is 9.30. The second-order valence-electron chi connectivity index (χ2n) is 6.77. The zero-order valence-corrected chi connectivity index (χ0v) is 15.3. The van der Waals surface area contributed by atoms with Crippen LogP contribution < -0.4 is 0 Å². The fourth-order valence-corrected chi connectivity index (χ4v) is 2.01. The average molecular weight is 333 g/mol. The van der Waals surface area contributed by atoms with Gasteiger partial charge in [-0.05, 0) is 46.3 Å². The zero-order chi connectivity index (χ0) is 18.3. The zero-order valence-electron chi connectivity index (χ0n) is 15.3. The summed E-state index contributed by atoms with van der Waals surface area (Å²) in [5.74, 6) is -0.465. The van der Waals surface area contributed by atoms with E-state index in [4.69, 9.17) is 9.47 Å². The number of benzene rings is 1. The second-order valence-corrected chi connectivity index (χ2v) is 6.77. The van der Waals surface area contributed by atoms with Crippen molar-refractivity contribution in [3.8, 4) is 0 Å². The molecular weight excluding hydrogens is 306 g/mol. The fourth-order valence-electron chi connectivity index (χ4n) is 2.01. The molecule has 0 aromatic heterocycles. The van der Waals surface area contributed by atoms with Crippen LogP contribution in [0.15, 0.2) is 35.9 Å². The van der Waals surface area contributed by atoms with Crippen LogP contribution in [-0.4, -0.2) is 42.3 Å². The van der Waals surface area contributed by atoms with E-state index in [1.54, 1.807) is 6.08 Å². The number of ether oxygens (including phenoxy) is 2. The predicted octanol–water partition coefficient (Wildman–Crippen LogP) is 3.89. The molecule has 0 heterocycles. The maximum atomic E-state index is 12.4. The van der Waals surface area contributed by atoms with Crippen molar-refractivity contribution in [2.24, 2.45) is 0 Å². The van der Waals surface area contributed by atoms with Crippen molar-refractivity contribution in [2.75, 3.05) is 13.7 Å². The molecule has 0 fully saturated rings. The summed E-state index contributed by atoms with van der Waals surface area (Å²) in [7, 11) is 1.33. The average Bonchev–Trinajstić information content (AvgIpc) is 2.49. The lowest BCUT2D eigenvalue weighted by molar-refractivity contribution is -0.136. The van der Waals surface area contributed by atoms with Crippen molar-refractivity contribution in [1.29, 1.82) is 0 Å². The van der Waals surface area contributed by atoms with Crippen LogP contribution in [0.3, 0.4) is 0 Å². The first kappa shape index (κ1) is 19.7. The van der Waals surface area contributed by atoms with Gasteiger partial charge in [-0.2, -0.15) is 0 Å². The number of nitrogens with zero attached hydrogens (tertiary/aromatic N) is 1. The number of carbonyl (C=O) groups excluding carboxylic acids is 2. The van der Waals surface area contributed by atoms with E-state index in [-0.39, 0.29) is 12.6 Å². The molecule has 1 rings (SSSR count). The highest BCUT2D eigenvalue weighted by Gasteiger charge is 2.26. The van der Waals surface area contributed by atoms with Crippen molar-refractivity contribution in [3.05, 3.63) is 41.5 Å². The van der Waals surface area contributed by atoms with E-state index in [0.717, 1.165) is 5.56 Å². The molecule has 0 radical (unpaired) electrons. The Hall–Kier alpha value is -2.30. The Morgan fingerprint density at radius 1 is 1.17 bits per heavy atom. The van der Waals surface area contributed by atoms with Crippen molar-refractivity contribution in [3.63, 3.8) is 0 Å². The normalized spacial score (nSPS) is 12.0. The number of hydrogen-bond donors (Lipinski definition) is 0. The molecule has 0 atom stereocenters. The fraction of sp³-hybridized carbons (Fsp3) is 0.474. The molecule has 5 heteroatoms. The highest BCUT2D eigenvalue weighted by molar-refractivity contribution is 5.94. The molecule has 0 unspecified atom stereocenters. The van der Waals surface area contributed by atoms with Crippen LogP contribution in [-0.2, 0) is 14.3 Å². The van der Waals surface area contributed by atoms with Crippen LogP contribution in [0.1, 0.15) is 40.2 Å². The largest absolute Gasteiger partial charge is 0.466 e. The second kappa shape index (κ2) is 8.52. The summed E-state index contributed by atoms with van der Waals surface area (Å²) < 4.78 is 10.3. The minimum atomic E-state index is -0.598. The Balaban J connectivity index is 3.07. The minimum Gasteiger partial charge on any atom is -0.466 e. The molecule has 1 aromatic rings. The number of carbonyl (C=O) groups is 2. The number of esters is 1. The summed E-state index contributed by atoms with van der Waals surface area (Å²) in [5, 5.41) is 0. The van der Waals surface area contributed by atoms with Gasteiger partial charge < -0.3 is 14.4 Å². The van der Waals surface area contributed by atoms with Gasteiger partial charge in [0.25, 0.3) is 0 Å². The third-order valence-corrected chi connectivity index (χ3v) is 3.18. The molecule has 0 spiro atoms. The number of rotatable bonds is 5. The van der Waals surface area contributed by atoms with E-state index >= 15 is 0 Å². The monoisotopic (exact) mass is 333 g/mol. The third kappa shape index (κ3) is 6.44. The molecule has 1 amide bonds. The van der Waals surface area contributed by atoms with Gasteiger partial charge in [-0.3, -0.25) is 0 Å². The first-order chi connectivity index (χ1) is 11.1. The van der Waals surface area contributed by atoms with E-state index in [9.17, 15) is 9.59 Å². The summed E-state index contributed by atoms with van der Waals surface area (Å²) in [4.78, 5) is 26.0. The van der Waals surface area contributed by atoms with E-state index in [0.29, 0.717) is 5.57 Å². The van der Waals surface area contributed by atoms with Crippen LogP contribution >= 0.6 is 0 Å². The van der Waals surface area contributed by atoms with Gasteiger partial charge in [-0.15, -0.1) is 0 Å². The first-order valence-corrected chi connectivity index (χ1v) is 7.97. The summed E-state index contributed by atoms with van der Waals surface area (Å²) >= 11 is 0. The molecule has 24 heavy (non-hydrogen) atoms. The highest BCUT2D eigenvalue weighted by Crippen LogP contribution is 2.16. The predicted molar refractivity (Wildman–Crippen MR) is 94.5 cm³/mol. The summed E-state index contributed by atoms with van der Waals surface area (Å²) in [5.41, 5.74) is 0.660. The molecule has 0 aliphatic rings. The van der Waals surface area contributed by atoms with E-state index in [2.05, 4.69) is 0 Å². The van der Waals surface area contributed by atoms with E-state index in [1.807, 2.05) is 65.0 Å². The van der Waals surface area contributed by atoms with Crippen LogP contribution in [0, 0.1) is 0 Å². The summed E-state index contributed by atoms with van der Waals surface area (Å²) in [6, 6.07) is 9.32. The molecule has 0 saturated carbocycles. The quantitative estimate of drug-likeness (QED) is 0.606. The van der Waals surface area contributed by atoms with Crippen molar-refractivity contribution >= 4 is 18.1 Å². The lowest BCUT2D eigenvalue weighted by atomic mass is 10.1. The van der Waals surface area contributed by atoms with Crippen LogP contribution in [0.5, 0.6) is 0 Å². The van der Waals surface area contributed by atoms with E-state index < -0.39 is 17.7 Å². The van der Waals surface area contributed by atoms with Crippen molar-refractivity contribution < 1.29 is 19.1 Å². The molecule has 132 valence electrons. The topological polar surface area (TPSA) is 55.8 Å². The van der Waals surface area contributed by atoms with Gasteiger partial charge in [0.15, 0.2) is 0 Å². The highest BCUT2D eigenvalue weighted by atomic mass is 16.6. The smallest absolute Gasteiger partial charge is 0.410 e. The van der Waals surface area contributed by atoms with E-state index in [1.165, 1.54) is 12.0 Å². The molecule has 0 bridgehead atoms. The van der Waals surface area contributed by atoms with Gasteiger partial charge in [0, 0.05) is 6.04 Å². The standard InChI is InChI=1S/C19H27NO4/c1-14(2)20(18(22)24-19(3,4)5)13-16(17(21)23-6)12-15-10-8-7-9-11-15/h7-12,14H,13H2,1-6H3/b16-12+. The third-order valence-electron chi connectivity index (χ3n) is 3.18. The first-order valence-electron chi connectivity index (χ1n) is 7.97. The Kier molecular flexibility index (Phi) is 7.01. The van der Waals surface area contributed by atoms with Crippen molar-refractivity contribution in [2.45, 2.75) is 46.3 Å². The molecule has 0 aliphatic carbocycles. The van der Waals surface area contributed by atoms with Gasteiger partial charge in [0.1, 0.15) is 5.60 Å². The van der Waals surface area contributed by atoms with Gasteiger partial charge in [0.05, 0.1) is 19.2 Å². The van der Waals surface area contributed by atoms with Gasteiger partial charge >= 0.3 is 12.1 Å². The molecule has 0 saturated heterocycles. The maximum absolute atomic E-state index is 12.4. The molecule has 0 aliphatic heterocycles. The maximum Gasteiger partial charge on any atom is 0.410 e. The van der Waals surface area contributed by atoms with Gasteiger partial charge in [-0.1, -0.05) is 30.3 Å². The minimum absolute atomic E-state index is 0.119. The van der Waals surface area contributed by atoms with Crippen LogP contribution in [0.4, 0.5) is 4.79 Å². The Morgan fingerprint density at radius 3 is 2.21 bits per heavy atom. The van der Waals surface area contributed by atoms with Crippen LogP contribution in [0.25, 0.3) is 6.08 Å². The summed E-state index contributed by atoms with van der Waals surface area (Å²) in [6.07, 6.45) is 1.27. The SMILES string of the molecule is COC(=O)/C(=C/c1ccccc1)CN(C(=O)OC(C)(C)C)C(C)C. The lowest BCUT2D eigenvalue weighted by Crippen LogP contribution is -2.42. The van der Waals surface area contributed by atoms with Gasteiger partial charge in [0.2, 0.25) is 0 Å². The number of hydrogen-bond acceptors (Lipinski definition) is 4. The Morgan fingerprint density at radius 2 is 1.75 bits per heavy atom. The van der Waals surface area contributed by atoms with Crippen molar-refractivity contribution in [1.82, 2.24) is 4.90 Å². The molecular formula is C19H27NO4. The van der Waals surface area contributed by atoms with Crippen LogP contribution in [0.2, 0.25) is 0 Å². The number of methoxy groups -OCH3 is 1. The Labute approximate surface area is 144 Å². The molecule has 0 N–H and O–H groups in total. The lowest BCUT2D eigenvalue weighted by Gasteiger charge is -2.30. The van der Waals surface area contributed by atoms with Gasteiger partial charge in [-0.25, -0.2) is 9.59 Å². The number of amides is 1. The molecule has 5 nitrogen and oxygen atoms in total.